The summed E-state index contributed by atoms with van der Waals surface area (Å²) in [5.41, 5.74) is 4.53. The molecule has 0 fully saturated rings. The van der Waals surface area contributed by atoms with E-state index in [-0.39, 0.29) is 0 Å². The lowest BCUT2D eigenvalue weighted by atomic mass is 10.4. The van der Waals surface area contributed by atoms with Crippen molar-refractivity contribution in [3.8, 4) is 0 Å². The lowest BCUT2D eigenvalue weighted by Crippen LogP contribution is -2.38. The number of carbonyl (C=O) groups is 4. The highest BCUT2D eigenvalue weighted by Crippen LogP contribution is 1.87. The third kappa shape index (κ3) is 16.0. The number of carbonyl (C=O) groups excluding carboxylic acids is 1. The second-order valence-corrected chi connectivity index (χ2v) is 2.93. The van der Waals surface area contributed by atoms with Crippen LogP contribution in [0.15, 0.2) is 12.7 Å². The molecule has 0 spiro atoms. The number of primary amides is 1. The highest BCUT2D eigenvalue weighted by molar-refractivity contribution is 5.85. The molecule has 0 radical (unpaired) electrons. The summed E-state index contributed by atoms with van der Waals surface area (Å²) in [6, 6.07) is 0. The minimum atomic E-state index is -1.26. The molecule has 0 aliphatic carbocycles. The fourth-order valence-corrected chi connectivity index (χ4v) is 0.742. The molecule has 0 bridgehead atoms. The molecule has 0 aliphatic heterocycles. The van der Waals surface area contributed by atoms with Gasteiger partial charge in [0, 0.05) is 0 Å². The lowest BCUT2D eigenvalue weighted by Gasteiger charge is -2.14. The molecule has 0 aromatic heterocycles. The van der Waals surface area contributed by atoms with E-state index in [1.165, 1.54) is 0 Å². The van der Waals surface area contributed by atoms with Crippen molar-refractivity contribution in [2.75, 3.05) is 19.6 Å². The Hall–Kier alpha value is -2.42. The van der Waals surface area contributed by atoms with Gasteiger partial charge in [-0.05, 0) is 6.08 Å². The molecule has 0 aliphatic rings. The minimum Gasteiger partial charge on any atom is -0.480 e. The molecule has 0 rings (SSSR count). The van der Waals surface area contributed by atoms with Gasteiger partial charge in [0.1, 0.15) is 0 Å². The van der Waals surface area contributed by atoms with Gasteiger partial charge < -0.3 is 21.1 Å². The smallest absolute Gasteiger partial charge is 0.317 e. The summed E-state index contributed by atoms with van der Waals surface area (Å²) < 4.78 is 0. The first-order valence-electron chi connectivity index (χ1n) is 4.48. The van der Waals surface area contributed by atoms with Crippen molar-refractivity contribution in [2.24, 2.45) is 5.73 Å². The molecule has 0 saturated heterocycles. The number of carboxylic acid groups (broad SMARTS) is 3. The highest BCUT2D eigenvalue weighted by atomic mass is 16.4. The molecule has 9 heteroatoms. The van der Waals surface area contributed by atoms with Crippen molar-refractivity contribution in [2.45, 2.75) is 0 Å². The van der Waals surface area contributed by atoms with Crippen molar-refractivity contribution in [1.29, 1.82) is 0 Å². The summed E-state index contributed by atoms with van der Waals surface area (Å²) >= 11 is 0. The van der Waals surface area contributed by atoms with Crippen molar-refractivity contribution in [3.05, 3.63) is 12.7 Å². The predicted octanol–water partition coefficient (Wildman–Crippen LogP) is -1.80. The van der Waals surface area contributed by atoms with Crippen molar-refractivity contribution < 1.29 is 34.5 Å². The second-order valence-electron chi connectivity index (χ2n) is 2.93. The monoisotopic (exact) mass is 262 g/mol. The Morgan fingerprint density at radius 3 is 1.28 bits per heavy atom. The van der Waals surface area contributed by atoms with Crippen LogP contribution >= 0.6 is 0 Å². The fourth-order valence-electron chi connectivity index (χ4n) is 0.742. The Kier molecular flexibility index (Phi) is 9.76. The molecule has 0 saturated carbocycles. The van der Waals surface area contributed by atoms with Gasteiger partial charge in [-0.1, -0.05) is 6.58 Å². The third-order valence-corrected chi connectivity index (χ3v) is 1.28. The number of carboxylic acids is 3. The van der Waals surface area contributed by atoms with E-state index >= 15 is 0 Å². The van der Waals surface area contributed by atoms with Gasteiger partial charge in [0.2, 0.25) is 5.91 Å². The molecule has 0 heterocycles. The Bertz CT molecular complexity index is 302. The molecular weight excluding hydrogens is 248 g/mol. The summed E-state index contributed by atoms with van der Waals surface area (Å²) in [6.45, 7) is 1.29. The van der Waals surface area contributed by atoms with Gasteiger partial charge in [0.15, 0.2) is 0 Å². The van der Waals surface area contributed by atoms with Crippen molar-refractivity contribution in [3.63, 3.8) is 0 Å². The van der Waals surface area contributed by atoms with Crippen LogP contribution in [0.3, 0.4) is 0 Å². The van der Waals surface area contributed by atoms with Gasteiger partial charge >= 0.3 is 17.9 Å². The first-order chi connectivity index (χ1) is 8.18. The van der Waals surface area contributed by atoms with Crippen LogP contribution in [-0.2, 0) is 19.2 Å². The molecule has 102 valence electrons. The number of nitrogens with two attached hydrogens (primary N) is 1. The zero-order valence-corrected chi connectivity index (χ0v) is 9.40. The zero-order valence-electron chi connectivity index (χ0n) is 9.40. The molecule has 0 aromatic rings. The number of amides is 1. The van der Waals surface area contributed by atoms with Crippen molar-refractivity contribution >= 4 is 23.8 Å². The maximum absolute atomic E-state index is 10.1. The van der Waals surface area contributed by atoms with Gasteiger partial charge in [-0.3, -0.25) is 24.1 Å². The van der Waals surface area contributed by atoms with Crippen LogP contribution in [0.5, 0.6) is 0 Å². The third-order valence-electron chi connectivity index (χ3n) is 1.28. The lowest BCUT2D eigenvalue weighted by molar-refractivity contribution is -0.144. The quantitative estimate of drug-likeness (QED) is 0.391. The summed E-state index contributed by atoms with van der Waals surface area (Å²) in [4.78, 5) is 40.7. The number of aliphatic carboxylic acids is 3. The first kappa shape index (κ1) is 18.0. The molecule has 5 N–H and O–H groups in total. The molecule has 9 nitrogen and oxygen atoms in total. The molecular formula is C9H14N2O7. The molecule has 0 aromatic carbocycles. The van der Waals surface area contributed by atoms with Crippen LogP contribution in [0.25, 0.3) is 0 Å². The van der Waals surface area contributed by atoms with Gasteiger partial charge in [0.05, 0.1) is 19.6 Å². The summed E-state index contributed by atoms with van der Waals surface area (Å²) in [5.74, 6) is -4.27. The maximum Gasteiger partial charge on any atom is 0.317 e. The van der Waals surface area contributed by atoms with E-state index in [2.05, 4.69) is 12.3 Å². The summed E-state index contributed by atoms with van der Waals surface area (Å²) in [7, 11) is 0. The Morgan fingerprint density at radius 1 is 0.944 bits per heavy atom. The van der Waals surface area contributed by atoms with E-state index in [1.54, 1.807) is 0 Å². The molecule has 0 atom stereocenters. The number of hydrogen-bond acceptors (Lipinski definition) is 5. The second kappa shape index (κ2) is 9.78. The fraction of sp³-hybridized carbons (Fsp3) is 0.333. The zero-order chi connectivity index (χ0) is 14.7. The normalized spacial score (nSPS) is 8.94. The number of hydrogen-bond donors (Lipinski definition) is 4. The Labute approximate surface area is 102 Å². The topological polar surface area (TPSA) is 158 Å². The Morgan fingerprint density at radius 2 is 1.17 bits per heavy atom. The molecule has 0 unspecified atom stereocenters. The largest absolute Gasteiger partial charge is 0.480 e. The SMILES string of the molecule is C=CC(N)=O.O=C(O)CN(CC(=O)O)CC(=O)O. The van der Waals surface area contributed by atoms with Gasteiger partial charge in [-0.2, -0.15) is 0 Å². The minimum absolute atomic E-state index is 0.481. The average molecular weight is 262 g/mol. The standard InChI is InChI=1S/C6H9NO6.C3H5NO/c8-4(9)1-7(2-5(10)11)3-6(12)13;1-2-3(4)5/h1-3H2,(H,8,9)(H,10,11)(H,12,13);2H,1H2,(H2,4,5). The van der Waals surface area contributed by atoms with Crippen LogP contribution in [-0.4, -0.2) is 63.7 Å². The van der Waals surface area contributed by atoms with E-state index in [4.69, 9.17) is 15.3 Å². The predicted molar refractivity (Wildman–Crippen MR) is 58.7 cm³/mol. The Balaban J connectivity index is 0. The van der Waals surface area contributed by atoms with E-state index in [0.29, 0.717) is 0 Å². The van der Waals surface area contributed by atoms with E-state index in [1.807, 2.05) is 0 Å². The summed E-state index contributed by atoms with van der Waals surface area (Å²) in [5, 5.41) is 24.8. The maximum atomic E-state index is 10.1. The van der Waals surface area contributed by atoms with E-state index in [9.17, 15) is 19.2 Å². The van der Waals surface area contributed by atoms with E-state index < -0.39 is 43.4 Å². The average Bonchev–Trinajstić information content (AvgIpc) is 2.14. The van der Waals surface area contributed by atoms with Crippen molar-refractivity contribution in [1.82, 2.24) is 4.90 Å². The van der Waals surface area contributed by atoms with Crippen LogP contribution in [0.1, 0.15) is 0 Å². The number of rotatable bonds is 7. The number of nitrogens with zero attached hydrogens (tertiary/aromatic N) is 1. The van der Waals surface area contributed by atoms with Crippen LogP contribution in [0, 0.1) is 0 Å². The van der Waals surface area contributed by atoms with Gasteiger partial charge in [-0.25, -0.2) is 0 Å². The molecule has 1 amide bonds. The van der Waals surface area contributed by atoms with E-state index in [0.717, 1.165) is 11.0 Å². The molecule has 18 heavy (non-hydrogen) atoms. The summed E-state index contributed by atoms with van der Waals surface area (Å²) in [6.07, 6.45) is 1.06. The first-order valence-corrected chi connectivity index (χ1v) is 4.48. The van der Waals surface area contributed by atoms with Gasteiger partial charge in [0.25, 0.3) is 0 Å². The van der Waals surface area contributed by atoms with Crippen LogP contribution < -0.4 is 5.73 Å². The van der Waals surface area contributed by atoms with Crippen LogP contribution in [0.4, 0.5) is 0 Å². The van der Waals surface area contributed by atoms with Crippen LogP contribution in [0.2, 0.25) is 0 Å². The highest BCUT2D eigenvalue weighted by Gasteiger charge is 2.15. The van der Waals surface area contributed by atoms with Gasteiger partial charge in [-0.15, -0.1) is 0 Å².